The standard InChI is InChI=1S/C10H19N3O/c1-11-6-10(14)13-5-4-8-2-3-9(7-13)12-8/h8-9,11-12H,2-7H2,1H3. The Morgan fingerprint density at radius 2 is 2.21 bits per heavy atom. The first-order valence-corrected chi connectivity index (χ1v) is 5.48. The second-order valence-corrected chi connectivity index (χ2v) is 4.30. The molecule has 2 unspecified atom stereocenters. The molecule has 2 heterocycles. The Balaban J connectivity index is 1.91. The zero-order chi connectivity index (χ0) is 9.97. The molecule has 80 valence electrons. The molecule has 0 radical (unpaired) electrons. The van der Waals surface area contributed by atoms with E-state index in [1.807, 2.05) is 11.9 Å². The van der Waals surface area contributed by atoms with Gasteiger partial charge in [0.1, 0.15) is 0 Å². The fourth-order valence-corrected chi connectivity index (χ4v) is 2.43. The van der Waals surface area contributed by atoms with Gasteiger partial charge in [-0.1, -0.05) is 0 Å². The van der Waals surface area contributed by atoms with Crippen molar-refractivity contribution in [3.8, 4) is 0 Å². The van der Waals surface area contributed by atoms with E-state index in [-0.39, 0.29) is 5.91 Å². The molecule has 0 aromatic heterocycles. The van der Waals surface area contributed by atoms with Crippen LogP contribution in [0.4, 0.5) is 0 Å². The first kappa shape index (κ1) is 9.93. The second-order valence-electron chi connectivity index (χ2n) is 4.30. The van der Waals surface area contributed by atoms with Gasteiger partial charge in [0.2, 0.25) is 5.91 Å². The number of carbonyl (C=O) groups is 1. The first-order chi connectivity index (χ1) is 6.79. The van der Waals surface area contributed by atoms with Crippen LogP contribution in [-0.4, -0.2) is 49.6 Å². The molecule has 4 nitrogen and oxygen atoms in total. The average molecular weight is 197 g/mol. The lowest BCUT2D eigenvalue weighted by atomic mass is 10.1. The van der Waals surface area contributed by atoms with Crippen LogP contribution >= 0.6 is 0 Å². The molecular weight excluding hydrogens is 178 g/mol. The number of nitrogens with one attached hydrogen (secondary N) is 2. The van der Waals surface area contributed by atoms with Crippen LogP contribution in [-0.2, 0) is 4.79 Å². The van der Waals surface area contributed by atoms with Crippen molar-refractivity contribution in [2.45, 2.75) is 31.3 Å². The lowest BCUT2D eigenvalue weighted by Crippen LogP contribution is -2.42. The van der Waals surface area contributed by atoms with E-state index in [0.29, 0.717) is 18.6 Å². The lowest BCUT2D eigenvalue weighted by molar-refractivity contribution is -0.130. The predicted octanol–water partition coefficient (Wildman–Crippen LogP) is -0.441. The number of amides is 1. The van der Waals surface area contributed by atoms with Crippen LogP contribution in [0.2, 0.25) is 0 Å². The molecule has 4 heteroatoms. The molecule has 2 fully saturated rings. The van der Waals surface area contributed by atoms with Gasteiger partial charge in [-0.05, 0) is 26.3 Å². The summed E-state index contributed by atoms with van der Waals surface area (Å²) in [4.78, 5) is 13.7. The zero-order valence-electron chi connectivity index (χ0n) is 8.75. The van der Waals surface area contributed by atoms with Gasteiger partial charge in [0.15, 0.2) is 0 Å². The topological polar surface area (TPSA) is 44.4 Å². The molecule has 0 aromatic carbocycles. The molecular formula is C10H19N3O. The summed E-state index contributed by atoms with van der Waals surface area (Å²) in [5, 5.41) is 6.48. The lowest BCUT2D eigenvalue weighted by Gasteiger charge is -2.24. The van der Waals surface area contributed by atoms with Crippen molar-refractivity contribution in [2.24, 2.45) is 0 Å². The molecule has 0 aromatic rings. The summed E-state index contributed by atoms with van der Waals surface area (Å²) >= 11 is 0. The third-order valence-electron chi connectivity index (χ3n) is 3.20. The van der Waals surface area contributed by atoms with Crippen molar-refractivity contribution in [3.63, 3.8) is 0 Å². The van der Waals surface area contributed by atoms with Crippen LogP contribution in [0.25, 0.3) is 0 Å². The van der Waals surface area contributed by atoms with Gasteiger partial charge in [-0.3, -0.25) is 4.79 Å². The number of nitrogens with zero attached hydrogens (tertiary/aromatic N) is 1. The molecule has 2 aliphatic heterocycles. The van der Waals surface area contributed by atoms with Crippen molar-refractivity contribution in [1.29, 1.82) is 0 Å². The van der Waals surface area contributed by atoms with E-state index in [9.17, 15) is 4.79 Å². The van der Waals surface area contributed by atoms with E-state index >= 15 is 0 Å². The minimum absolute atomic E-state index is 0.238. The van der Waals surface area contributed by atoms with Crippen LogP contribution in [0.1, 0.15) is 19.3 Å². The van der Waals surface area contributed by atoms with E-state index in [0.717, 1.165) is 19.5 Å². The number of carbonyl (C=O) groups excluding carboxylic acids is 1. The Kier molecular flexibility index (Phi) is 3.03. The predicted molar refractivity (Wildman–Crippen MR) is 55.1 cm³/mol. The van der Waals surface area contributed by atoms with Gasteiger partial charge in [0.05, 0.1) is 6.54 Å². The number of likely N-dealkylation sites (tertiary alicyclic amines) is 1. The summed E-state index contributed by atoms with van der Waals surface area (Å²) in [6.07, 6.45) is 3.64. The van der Waals surface area contributed by atoms with Gasteiger partial charge >= 0.3 is 0 Å². The fourth-order valence-electron chi connectivity index (χ4n) is 2.43. The summed E-state index contributed by atoms with van der Waals surface area (Å²) in [6.45, 7) is 2.29. The maximum Gasteiger partial charge on any atom is 0.236 e. The highest BCUT2D eigenvalue weighted by Gasteiger charge is 2.30. The highest BCUT2D eigenvalue weighted by molar-refractivity contribution is 5.78. The van der Waals surface area contributed by atoms with Crippen molar-refractivity contribution >= 4 is 5.91 Å². The van der Waals surface area contributed by atoms with Crippen molar-refractivity contribution in [2.75, 3.05) is 26.7 Å². The molecule has 0 aliphatic carbocycles. The quantitative estimate of drug-likeness (QED) is 0.631. The molecule has 2 N–H and O–H groups in total. The van der Waals surface area contributed by atoms with E-state index in [1.165, 1.54) is 12.8 Å². The molecule has 0 saturated carbocycles. The Bertz CT molecular complexity index is 219. The molecule has 1 amide bonds. The van der Waals surface area contributed by atoms with Gasteiger partial charge in [-0.2, -0.15) is 0 Å². The van der Waals surface area contributed by atoms with Gasteiger partial charge in [0.25, 0.3) is 0 Å². The monoisotopic (exact) mass is 197 g/mol. The maximum absolute atomic E-state index is 11.7. The van der Waals surface area contributed by atoms with Crippen molar-refractivity contribution in [3.05, 3.63) is 0 Å². The minimum Gasteiger partial charge on any atom is -0.340 e. The third kappa shape index (κ3) is 2.07. The molecule has 2 rings (SSSR count). The second kappa shape index (κ2) is 4.28. The van der Waals surface area contributed by atoms with Crippen molar-refractivity contribution in [1.82, 2.24) is 15.5 Å². The highest BCUT2D eigenvalue weighted by atomic mass is 16.2. The third-order valence-corrected chi connectivity index (χ3v) is 3.20. The normalized spacial score (nSPS) is 31.6. The molecule has 2 atom stereocenters. The van der Waals surface area contributed by atoms with Crippen LogP contribution < -0.4 is 10.6 Å². The van der Waals surface area contributed by atoms with E-state index in [2.05, 4.69) is 10.6 Å². The van der Waals surface area contributed by atoms with Gasteiger partial charge in [0, 0.05) is 25.2 Å². The average Bonchev–Trinajstić information content (AvgIpc) is 2.46. The van der Waals surface area contributed by atoms with E-state index < -0.39 is 0 Å². The summed E-state index contributed by atoms with van der Waals surface area (Å²) < 4.78 is 0. The maximum atomic E-state index is 11.7. The highest BCUT2D eigenvalue weighted by Crippen LogP contribution is 2.20. The largest absolute Gasteiger partial charge is 0.340 e. The zero-order valence-corrected chi connectivity index (χ0v) is 8.75. The van der Waals surface area contributed by atoms with Crippen LogP contribution in [0.5, 0.6) is 0 Å². The molecule has 14 heavy (non-hydrogen) atoms. The number of likely N-dealkylation sites (N-methyl/N-ethyl adjacent to an activating group) is 1. The summed E-state index contributed by atoms with van der Waals surface area (Å²) in [6, 6.07) is 1.20. The molecule has 2 bridgehead atoms. The Labute approximate surface area is 85.0 Å². The Morgan fingerprint density at radius 3 is 3.00 bits per heavy atom. The Morgan fingerprint density at radius 1 is 1.43 bits per heavy atom. The van der Waals surface area contributed by atoms with Crippen LogP contribution in [0.15, 0.2) is 0 Å². The van der Waals surface area contributed by atoms with E-state index in [4.69, 9.17) is 0 Å². The fraction of sp³-hybridized carbons (Fsp3) is 0.900. The van der Waals surface area contributed by atoms with Crippen LogP contribution in [0, 0.1) is 0 Å². The Hall–Kier alpha value is -0.610. The molecule has 2 aliphatic rings. The molecule has 0 spiro atoms. The minimum atomic E-state index is 0.238. The summed E-state index contributed by atoms with van der Waals surface area (Å²) in [7, 11) is 1.82. The first-order valence-electron chi connectivity index (χ1n) is 5.48. The summed E-state index contributed by atoms with van der Waals surface area (Å²) in [5.41, 5.74) is 0. The van der Waals surface area contributed by atoms with Crippen molar-refractivity contribution < 1.29 is 4.79 Å². The molecule has 2 saturated heterocycles. The van der Waals surface area contributed by atoms with Gasteiger partial charge < -0.3 is 15.5 Å². The van der Waals surface area contributed by atoms with Gasteiger partial charge in [-0.25, -0.2) is 0 Å². The number of rotatable bonds is 2. The number of fused-ring (bicyclic) bond motifs is 2. The summed E-state index contributed by atoms with van der Waals surface area (Å²) in [5.74, 6) is 0.238. The number of hydrogen-bond acceptors (Lipinski definition) is 3. The SMILES string of the molecule is CNCC(=O)N1CCC2CCC(C1)N2. The number of hydrogen-bond donors (Lipinski definition) is 2. The van der Waals surface area contributed by atoms with Crippen LogP contribution in [0.3, 0.4) is 0 Å². The smallest absolute Gasteiger partial charge is 0.236 e. The van der Waals surface area contributed by atoms with Gasteiger partial charge in [-0.15, -0.1) is 0 Å². The van der Waals surface area contributed by atoms with E-state index in [1.54, 1.807) is 0 Å².